The van der Waals surface area contributed by atoms with Crippen LogP contribution in [0.3, 0.4) is 0 Å². The Labute approximate surface area is 181 Å². The van der Waals surface area contributed by atoms with E-state index in [1.54, 1.807) is 7.11 Å². The number of ether oxygens (including phenoxy) is 7. The van der Waals surface area contributed by atoms with E-state index in [9.17, 15) is 9.59 Å². The summed E-state index contributed by atoms with van der Waals surface area (Å²) in [6, 6.07) is 0. The molecule has 4 heterocycles. The number of hydrogen-bond acceptors (Lipinski definition) is 9. The Hall–Kier alpha value is -0.940. The second-order valence-corrected chi connectivity index (χ2v) is 10.2. The van der Waals surface area contributed by atoms with Gasteiger partial charge in [0.15, 0.2) is 40.6 Å². The van der Waals surface area contributed by atoms with Gasteiger partial charge in [-0.1, -0.05) is 0 Å². The maximum absolute atomic E-state index is 11.8. The summed E-state index contributed by atoms with van der Waals surface area (Å²) in [5, 5.41) is 0. The predicted octanol–water partition coefficient (Wildman–Crippen LogP) is 1.64. The Morgan fingerprint density at radius 3 is 1.68 bits per heavy atom. The second-order valence-electron chi connectivity index (χ2n) is 10.2. The van der Waals surface area contributed by atoms with E-state index in [4.69, 9.17) is 33.2 Å². The molecule has 0 aromatic rings. The largest absolute Gasteiger partial charge is 0.359 e. The molecule has 0 aromatic heterocycles. The number of rotatable bonds is 1. The zero-order valence-electron chi connectivity index (χ0n) is 19.0. The first-order valence-corrected chi connectivity index (χ1v) is 11.1. The van der Waals surface area contributed by atoms with Gasteiger partial charge in [-0.15, -0.1) is 0 Å². The lowest BCUT2D eigenvalue weighted by molar-refractivity contribution is -0.254. The Balaban J connectivity index is 0.000000132. The highest BCUT2D eigenvalue weighted by Gasteiger charge is 2.69. The topological polar surface area (TPSA) is 98.8 Å². The Morgan fingerprint density at radius 2 is 1.23 bits per heavy atom. The Bertz CT molecular complexity index is 794. The number of methoxy groups -OCH3 is 1. The minimum absolute atomic E-state index is 0.0546. The van der Waals surface area contributed by atoms with Gasteiger partial charge in [0.2, 0.25) is 0 Å². The van der Waals surface area contributed by atoms with Crippen LogP contribution in [0.5, 0.6) is 0 Å². The van der Waals surface area contributed by atoms with Crippen molar-refractivity contribution in [1.82, 2.24) is 0 Å². The number of hydrogen-bond donors (Lipinski definition) is 0. The summed E-state index contributed by atoms with van der Waals surface area (Å²) in [5.41, 5.74) is -1.49. The first kappa shape index (κ1) is 21.9. The summed E-state index contributed by atoms with van der Waals surface area (Å²) >= 11 is 0. The van der Waals surface area contributed by atoms with Crippen LogP contribution in [-0.2, 0) is 42.7 Å². The molecule has 6 aliphatic rings. The zero-order valence-corrected chi connectivity index (χ0v) is 19.0. The van der Waals surface area contributed by atoms with E-state index >= 15 is 0 Å². The molecule has 4 aliphatic heterocycles. The van der Waals surface area contributed by atoms with Crippen molar-refractivity contribution in [2.75, 3.05) is 7.11 Å². The van der Waals surface area contributed by atoms with E-state index in [0.717, 1.165) is 6.42 Å². The molecule has 6 rings (SSSR count). The third-order valence-corrected chi connectivity index (χ3v) is 7.25. The lowest BCUT2D eigenvalue weighted by Crippen LogP contribution is -2.56. The summed E-state index contributed by atoms with van der Waals surface area (Å²) in [6.45, 7) is 9.40. The van der Waals surface area contributed by atoms with Gasteiger partial charge in [0.05, 0.1) is 6.10 Å². The normalized spacial score (nSPS) is 50.6. The molecule has 0 N–H and O–H groups in total. The van der Waals surface area contributed by atoms with E-state index in [-0.39, 0.29) is 42.1 Å². The third-order valence-electron chi connectivity index (χ3n) is 7.25. The molecule has 8 atom stereocenters. The number of ketones is 2. The van der Waals surface area contributed by atoms with E-state index in [1.165, 1.54) is 0 Å². The fourth-order valence-corrected chi connectivity index (χ4v) is 5.63. The van der Waals surface area contributed by atoms with Crippen LogP contribution < -0.4 is 0 Å². The first-order valence-electron chi connectivity index (χ1n) is 11.1. The maximum Gasteiger partial charge on any atom is 0.187 e. The van der Waals surface area contributed by atoms with Crippen LogP contribution in [0.1, 0.15) is 60.3 Å². The van der Waals surface area contributed by atoms with Crippen molar-refractivity contribution in [2.45, 2.75) is 120 Å². The van der Waals surface area contributed by atoms with E-state index in [2.05, 4.69) is 0 Å². The summed E-state index contributed by atoms with van der Waals surface area (Å²) in [5.74, 6) is -0.985. The highest BCUT2D eigenvalue weighted by Crippen LogP contribution is 2.52. The van der Waals surface area contributed by atoms with E-state index in [0.29, 0.717) is 19.3 Å². The van der Waals surface area contributed by atoms with Crippen LogP contribution in [0.25, 0.3) is 0 Å². The van der Waals surface area contributed by atoms with Crippen LogP contribution in [0.2, 0.25) is 0 Å². The molecule has 2 saturated carbocycles. The molecule has 0 amide bonds. The average Bonchev–Trinajstić information content (AvgIpc) is 3.36. The van der Waals surface area contributed by atoms with Gasteiger partial charge in [0.25, 0.3) is 0 Å². The lowest BCUT2D eigenvalue weighted by Gasteiger charge is -2.39. The number of fused-ring (bicyclic) bond motifs is 4. The molecule has 2 spiro atoms. The van der Waals surface area contributed by atoms with Crippen LogP contribution in [0.15, 0.2) is 0 Å². The van der Waals surface area contributed by atoms with Crippen molar-refractivity contribution >= 4 is 11.6 Å². The minimum Gasteiger partial charge on any atom is -0.359 e. The van der Waals surface area contributed by atoms with Crippen molar-refractivity contribution in [3.05, 3.63) is 0 Å². The number of Topliss-reactive ketones (excluding diaryl/α,β-unsaturated/α-hetero) is 2. The Kier molecular flexibility index (Phi) is 4.79. The van der Waals surface area contributed by atoms with Gasteiger partial charge >= 0.3 is 0 Å². The van der Waals surface area contributed by atoms with Gasteiger partial charge in [0.1, 0.15) is 24.4 Å². The van der Waals surface area contributed by atoms with Gasteiger partial charge in [-0.3, -0.25) is 9.59 Å². The van der Waals surface area contributed by atoms with Crippen LogP contribution in [-0.4, -0.2) is 78.3 Å². The molecular formula is C22H32O9. The second kappa shape index (κ2) is 6.79. The average molecular weight is 440 g/mol. The molecule has 0 bridgehead atoms. The minimum atomic E-state index is -0.806. The van der Waals surface area contributed by atoms with Gasteiger partial charge in [-0.2, -0.15) is 0 Å². The number of carbonyl (C=O) groups is 2. The van der Waals surface area contributed by atoms with Crippen molar-refractivity contribution in [2.24, 2.45) is 0 Å². The monoisotopic (exact) mass is 440 g/mol. The SMILES string of the molecule is CO[C@@H]1O[C@@]2(CCC2=O)[C@H]2OC(C)(C)O[C@@H]12.C[C@@H]1O[C@]2(CCC2=O)[C@H]2OC(C)(C)O[C@@H]12. The van der Waals surface area contributed by atoms with Crippen LogP contribution in [0.4, 0.5) is 0 Å². The summed E-state index contributed by atoms with van der Waals surface area (Å²) < 4.78 is 39.7. The molecule has 6 fully saturated rings. The van der Waals surface area contributed by atoms with Gasteiger partial charge < -0.3 is 33.2 Å². The summed E-state index contributed by atoms with van der Waals surface area (Å²) in [7, 11) is 1.55. The summed E-state index contributed by atoms with van der Waals surface area (Å²) in [4.78, 5) is 23.4. The van der Waals surface area contributed by atoms with Crippen LogP contribution >= 0.6 is 0 Å². The summed E-state index contributed by atoms with van der Waals surface area (Å²) in [6.07, 6.45) is 1.16. The molecule has 0 radical (unpaired) electrons. The van der Waals surface area contributed by atoms with Crippen molar-refractivity contribution in [3.8, 4) is 0 Å². The van der Waals surface area contributed by atoms with Crippen molar-refractivity contribution in [3.63, 3.8) is 0 Å². The molecule has 174 valence electrons. The number of carbonyl (C=O) groups excluding carboxylic acids is 2. The first-order chi connectivity index (χ1) is 14.4. The standard InChI is InChI=1S/C11H16O5.C11H16O4/c1-10(2)14-7-8(15-10)11(5-4-6(11)12)16-9(7)13-3;1-6-8-9(15-10(2,3)14-8)11(13-6)5-4-7(11)12/h7-9H,4-5H2,1-3H3;6,8-9H,4-5H2,1-3H3/t7-,8+,9-,11-;6-,8-,9-,11-/m10/s1. The molecule has 0 unspecified atom stereocenters. The zero-order chi connectivity index (χ0) is 22.4. The highest BCUT2D eigenvalue weighted by molar-refractivity contribution is 5.95. The van der Waals surface area contributed by atoms with E-state index < -0.39 is 29.1 Å². The molecule has 2 aliphatic carbocycles. The van der Waals surface area contributed by atoms with Gasteiger partial charge in [-0.05, 0) is 47.5 Å². The molecule has 0 aromatic carbocycles. The van der Waals surface area contributed by atoms with E-state index in [1.807, 2.05) is 34.6 Å². The molecule has 9 heteroatoms. The van der Waals surface area contributed by atoms with Gasteiger partial charge in [-0.25, -0.2) is 0 Å². The molecule has 9 nitrogen and oxygen atoms in total. The van der Waals surface area contributed by atoms with Crippen molar-refractivity contribution < 1.29 is 42.7 Å². The molecule has 31 heavy (non-hydrogen) atoms. The maximum atomic E-state index is 11.8. The molecular weight excluding hydrogens is 408 g/mol. The smallest absolute Gasteiger partial charge is 0.187 e. The lowest BCUT2D eigenvalue weighted by atomic mass is 9.74. The predicted molar refractivity (Wildman–Crippen MR) is 104 cm³/mol. The van der Waals surface area contributed by atoms with Gasteiger partial charge in [0, 0.05) is 20.0 Å². The Morgan fingerprint density at radius 1 is 0.742 bits per heavy atom. The fraction of sp³-hybridized carbons (Fsp3) is 0.909. The quantitative estimate of drug-likeness (QED) is 0.602. The molecule has 4 saturated heterocycles. The third kappa shape index (κ3) is 3.08. The fourth-order valence-electron chi connectivity index (χ4n) is 5.63. The highest BCUT2D eigenvalue weighted by atomic mass is 16.8. The van der Waals surface area contributed by atoms with Crippen LogP contribution in [0, 0.1) is 0 Å². The van der Waals surface area contributed by atoms with Crippen molar-refractivity contribution in [1.29, 1.82) is 0 Å².